The van der Waals surface area contributed by atoms with Crippen LogP contribution in [0.4, 0.5) is 5.82 Å². The maximum Gasteiger partial charge on any atom is 0.179 e. The minimum absolute atomic E-state index is 0.670. The Morgan fingerprint density at radius 2 is 1.95 bits per heavy atom. The third-order valence-electron chi connectivity index (χ3n) is 3.49. The first kappa shape index (κ1) is 16.3. The highest BCUT2D eigenvalue weighted by molar-refractivity contribution is 5.47. The van der Waals surface area contributed by atoms with Crippen molar-refractivity contribution in [3.05, 3.63) is 47.9 Å². The van der Waals surface area contributed by atoms with Crippen LogP contribution in [0, 0.1) is 6.92 Å². The van der Waals surface area contributed by atoms with Crippen molar-refractivity contribution < 1.29 is 4.74 Å². The second-order valence-corrected chi connectivity index (χ2v) is 5.45. The van der Waals surface area contributed by atoms with Crippen LogP contribution in [0.15, 0.2) is 36.8 Å². The molecule has 0 saturated heterocycles. The average molecular weight is 299 g/mol. The summed E-state index contributed by atoms with van der Waals surface area (Å²) < 4.78 is 5.83. The van der Waals surface area contributed by atoms with Gasteiger partial charge in [-0.2, -0.15) is 0 Å². The highest BCUT2D eigenvalue weighted by Crippen LogP contribution is 2.20. The minimum atomic E-state index is 0.670. The standard InChI is InChI=1S/C18H25N3O/c1-3-4-11-20-18-17(13-19-14-21-18)22-12-5-6-16-9-7-15(2)8-10-16/h7-10,13-14H,3-6,11-12H2,1-2H3,(H,19,20,21). The maximum atomic E-state index is 5.83. The smallest absolute Gasteiger partial charge is 0.179 e. The molecule has 1 N–H and O–H groups in total. The molecule has 0 fully saturated rings. The van der Waals surface area contributed by atoms with Gasteiger partial charge < -0.3 is 10.1 Å². The normalized spacial score (nSPS) is 10.5. The quantitative estimate of drug-likeness (QED) is 0.711. The number of nitrogens with one attached hydrogen (secondary N) is 1. The van der Waals surface area contributed by atoms with E-state index in [1.165, 1.54) is 11.1 Å². The molecule has 2 aromatic rings. The van der Waals surface area contributed by atoms with Crippen LogP contribution in [0.1, 0.15) is 37.3 Å². The Morgan fingerprint density at radius 1 is 1.14 bits per heavy atom. The Morgan fingerprint density at radius 3 is 2.73 bits per heavy atom. The second-order valence-electron chi connectivity index (χ2n) is 5.45. The Kier molecular flexibility index (Phi) is 6.68. The highest BCUT2D eigenvalue weighted by Gasteiger charge is 2.04. The minimum Gasteiger partial charge on any atom is -0.488 e. The SMILES string of the molecule is CCCCNc1ncncc1OCCCc1ccc(C)cc1. The van der Waals surface area contributed by atoms with E-state index in [9.17, 15) is 0 Å². The highest BCUT2D eigenvalue weighted by atomic mass is 16.5. The van der Waals surface area contributed by atoms with Gasteiger partial charge in [0.1, 0.15) is 6.33 Å². The van der Waals surface area contributed by atoms with Crippen LogP contribution in [0.3, 0.4) is 0 Å². The van der Waals surface area contributed by atoms with Gasteiger partial charge in [0.2, 0.25) is 0 Å². The average Bonchev–Trinajstić information content (AvgIpc) is 2.55. The van der Waals surface area contributed by atoms with Crippen molar-refractivity contribution in [2.24, 2.45) is 0 Å². The zero-order chi connectivity index (χ0) is 15.6. The molecule has 4 nitrogen and oxygen atoms in total. The van der Waals surface area contributed by atoms with Gasteiger partial charge in [0.25, 0.3) is 0 Å². The molecule has 0 atom stereocenters. The first-order valence-corrected chi connectivity index (χ1v) is 8.02. The number of rotatable bonds is 9. The van der Waals surface area contributed by atoms with Gasteiger partial charge in [0.15, 0.2) is 11.6 Å². The van der Waals surface area contributed by atoms with Gasteiger partial charge in [0, 0.05) is 6.54 Å². The van der Waals surface area contributed by atoms with Gasteiger partial charge >= 0.3 is 0 Å². The van der Waals surface area contributed by atoms with E-state index in [2.05, 4.69) is 53.4 Å². The molecular formula is C18H25N3O. The summed E-state index contributed by atoms with van der Waals surface area (Å²) in [4.78, 5) is 8.29. The number of hydrogen-bond donors (Lipinski definition) is 1. The number of unbranched alkanes of at least 4 members (excludes halogenated alkanes) is 1. The topological polar surface area (TPSA) is 47.0 Å². The molecule has 1 heterocycles. The van der Waals surface area contributed by atoms with E-state index >= 15 is 0 Å². The molecule has 0 spiro atoms. The zero-order valence-corrected chi connectivity index (χ0v) is 13.5. The van der Waals surface area contributed by atoms with Crippen LogP contribution in [0.25, 0.3) is 0 Å². The van der Waals surface area contributed by atoms with E-state index < -0.39 is 0 Å². The van der Waals surface area contributed by atoms with Crippen molar-refractivity contribution in [2.75, 3.05) is 18.5 Å². The van der Waals surface area contributed by atoms with Crippen LogP contribution in [0.2, 0.25) is 0 Å². The first-order valence-electron chi connectivity index (χ1n) is 8.02. The molecule has 2 rings (SSSR count). The zero-order valence-electron chi connectivity index (χ0n) is 13.5. The Balaban J connectivity index is 1.77. The monoisotopic (exact) mass is 299 g/mol. The summed E-state index contributed by atoms with van der Waals surface area (Å²) in [5.74, 6) is 1.53. The number of anilines is 1. The van der Waals surface area contributed by atoms with Gasteiger partial charge in [-0.25, -0.2) is 9.97 Å². The molecule has 22 heavy (non-hydrogen) atoms. The number of aromatic nitrogens is 2. The maximum absolute atomic E-state index is 5.83. The summed E-state index contributed by atoms with van der Waals surface area (Å²) in [6, 6.07) is 8.66. The summed E-state index contributed by atoms with van der Waals surface area (Å²) >= 11 is 0. The van der Waals surface area contributed by atoms with E-state index in [4.69, 9.17) is 4.74 Å². The van der Waals surface area contributed by atoms with Crippen molar-refractivity contribution in [3.8, 4) is 5.75 Å². The molecule has 0 aliphatic carbocycles. The predicted molar refractivity (Wildman–Crippen MR) is 90.4 cm³/mol. The van der Waals surface area contributed by atoms with Crippen molar-refractivity contribution in [3.63, 3.8) is 0 Å². The van der Waals surface area contributed by atoms with Crippen molar-refractivity contribution in [1.29, 1.82) is 0 Å². The second kappa shape index (κ2) is 9.03. The molecule has 4 heteroatoms. The van der Waals surface area contributed by atoms with Crippen LogP contribution >= 0.6 is 0 Å². The molecule has 1 aromatic carbocycles. The van der Waals surface area contributed by atoms with Gasteiger partial charge in [-0.05, 0) is 31.7 Å². The van der Waals surface area contributed by atoms with Crippen molar-refractivity contribution in [1.82, 2.24) is 9.97 Å². The summed E-state index contributed by atoms with van der Waals surface area (Å²) in [7, 11) is 0. The lowest BCUT2D eigenvalue weighted by atomic mass is 10.1. The van der Waals surface area contributed by atoms with Gasteiger partial charge in [-0.3, -0.25) is 0 Å². The molecule has 0 saturated carbocycles. The molecular weight excluding hydrogens is 274 g/mol. The molecule has 0 amide bonds. The number of aryl methyl sites for hydroxylation is 2. The molecule has 118 valence electrons. The van der Waals surface area contributed by atoms with Crippen molar-refractivity contribution in [2.45, 2.75) is 39.5 Å². The van der Waals surface area contributed by atoms with Crippen LogP contribution in [-0.4, -0.2) is 23.1 Å². The van der Waals surface area contributed by atoms with Crippen LogP contribution in [-0.2, 0) is 6.42 Å². The molecule has 0 aliphatic heterocycles. The first-order chi connectivity index (χ1) is 10.8. The molecule has 0 bridgehead atoms. The number of nitrogens with zero attached hydrogens (tertiary/aromatic N) is 2. The fraction of sp³-hybridized carbons (Fsp3) is 0.444. The lowest BCUT2D eigenvalue weighted by molar-refractivity contribution is 0.310. The fourth-order valence-electron chi connectivity index (χ4n) is 2.15. The van der Waals surface area contributed by atoms with E-state index in [-0.39, 0.29) is 0 Å². The number of benzene rings is 1. The summed E-state index contributed by atoms with van der Waals surface area (Å²) in [6.07, 6.45) is 7.56. The van der Waals surface area contributed by atoms with Crippen LogP contribution in [0.5, 0.6) is 5.75 Å². The fourth-order valence-corrected chi connectivity index (χ4v) is 2.15. The Hall–Kier alpha value is -2.10. The van der Waals surface area contributed by atoms with E-state index in [0.29, 0.717) is 6.61 Å². The number of hydrogen-bond acceptors (Lipinski definition) is 4. The van der Waals surface area contributed by atoms with E-state index in [0.717, 1.165) is 43.8 Å². The van der Waals surface area contributed by atoms with Crippen molar-refractivity contribution >= 4 is 5.82 Å². The molecule has 0 aliphatic rings. The Bertz CT molecular complexity index is 555. The molecule has 0 radical (unpaired) electrons. The molecule has 0 unspecified atom stereocenters. The third kappa shape index (κ3) is 5.35. The molecule has 1 aromatic heterocycles. The lowest BCUT2D eigenvalue weighted by Gasteiger charge is -2.11. The number of ether oxygens (including phenoxy) is 1. The van der Waals surface area contributed by atoms with E-state index in [1.807, 2.05) is 0 Å². The van der Waals surface area contributed by atoms with E-state index in [1.54, 1.807) is 12.5 Å². The van der Waals surface area contributed by atoms with Gasteiger partial charge in [-0.1, -0.05) is 43.2 Å². The Labute approximate surface area is 133 Å². The summed E-state index contributed by atoms with van der Waals surface area (Å²) in [6.45, 7) is 5.86. The van der Waals surface area contributed by atoms with Gasteiger partial charge in [0.05, 0.1) is 12.8 Å². The summed E-state index contributed by atoms with van der Waals surface area (Å²) in [5, 5.41) is 3.30. The lowest BCUT2D eigenvalue weighted by Crippen LogP contribution is -2.07. The van der Waals surface area contributed by atoms with Crippen LogP contribution < -0.4 is 10.1 Å². The third-order valence-corrected chi connectivity index (χ3v) is 3.49. The largest absolute Gasteiger partial charge is 0.488 e. The summed E-state index contributed by atoms with van der Waals surface area (Å²) in [5.41, 5.74) is 2.64. The predicted octanol–water partition coefficient (Wildman–Crippen LogP) is 4.01. The van der Waals surface area contributed by atoms with Gasteiger partial charge in [-0.15, -0.1) is 0 Å².